The number of hydrogen-bond donors (Lipinski definition) is 1. The van der Waals surface area contributed by atoms with Gasteiger partial charge in [-0.2, -0.15) is 5.26 Å². The highest BCUT2D eigenvalue weighted by Gasteiger charge is 2.03. The van der Waals surface area contributed by atoms with Gasteiger partial charge in [0.25, 0.3) is 0 Å². The first-order valence-corrected chi connectivity index (χ1v) is 4.50. The molecule has 2 nitrogen and oxygen atoms in total. The zero-order chi connectivity index (χ0) is 9.84. The molecule has 0 atom stereocenters. The van der Waals surface area contributed by atoms with E-state index in [0.717, 1.165) is 11.1 Å². The molecule has 1 N–H and O–H groups in total. The van der Waals surface area contributed by atoms with E-state index in [0.29, 0.717) is 4.48 Å². The average Bonchev–Trinajstić information content (AvgIpc) is 2.17. The molecule has 3 heteroatoms. The summed E-state index contributed by atoms with van der Waals surface area (Å²) in [4.78, 5) is 0. The fourth-order valence-electron chi connectivity index (χ4n) is 0.886. The summed E-state index contributed by atoms with van der Waals surface area (Å²) in [6.07, 6.45) is 0. The molecule has 1 aromatic rings. The van der Waals surface area contributed by atoms with Crippen LogP contribution in [0.15, 0.2) is 30.0 Å². The Kier molecular flexibility index (Phi) is 3.10. The maximum Gasteiger partial charge on any atom is 0.209 e. The van der Waals surface area contributed by atoms with Gasteiger partial charge in [-0.15, -0.1) is 0 Å². The molecule has 0 aromatic heterocycles. The summed E-state index contributed by atoms with van der Waals surface area (Å²) in [6, 6.07) is 9.18. The third-order valence-corrected chi connectivity index (χ3v) is 2.45. The van der Waals surface area contributed by atoms with Gasteiger partial charge in [-0.1, -0.05) is 29.8 Å². The standard InChI is InChI=1S/C10H8BrNO/c1-7-2-4-8(5-3-7)10(11)9(13)6-12/h2-5,13H,1H3/b10-9-. The van der Waals surface area contributed by atoms with Crippen LogP contribution in [0, 0.1) is 18.3 Å². The van der Waals surface area contributed by atoms with Crippen molar-refractivity contribution >= 4 is 20.4 Å². The lowest BCUT2D eigenvalue weighted by molar-refractivity contribution is 0.441. The van der Waals surface area contributed by atoms with E-state index in [2.05, 4.69) is 15.9 Å². The highest BCUT2D eigenvalue weighted by Crippen LogP contribution is 2.23. The first kappa shape index (κ1) is 9.82. The predicted octanol–water partition coefficient (Wildman–Crippen LogP) is 3.14. The fourth-order valence-corrected chi connectivity index (χ4v) is 1.24. The largest absolute Gasteiger partial charge is 0.498 e. The quantitative estimate of drug-likeness (QED) is 0.464. The van der Waals surface area contributed by atoms with Gasteiger partial charge in [0.05, 0.1) is 4.48 Å². The molecule has 0 saturated heterocycles. The summed E-state index contributed by atoms with van der Waals surface area (Å²) >= 11 is 3.14. The second-order valence-corrected chi connectivity index (χ2v) is 3.43. The number of benzene rings is 1. The van der Waals surface area contributed by atoms with Crippen LogP contribution in [0.2, 0.25) is 0 Å². The van der Waals surface area contributed by atoms with Gasteiger partial charge in [-0.25, -0.2) is 0 Å². The van der Waals surface area contributed by atoms with Crippen molar-refractivity contribution in [3.8, 4) is 6.07 Å². The molecule has 0 aliphatic carbocycles. The van der Waals surface area contributed by atoms with Gasteiger partial charge in [0.15, 0.2) is 0 Å². The molecule has 1 rings (SSSR count). The zero-order valence-corrected chi connectivity index (χ0v) is 8.67. The number of aryl methyl sites for hydroxylation is 1. The molecular weight excluding hydrogens is 230 g/mol. The number of halogens is 1. The Bertz CT molecular complexity index is 373. The summed E-state index contributed by atoms with van der Waals surface area (Å²) in [6.45, 7) is 1.98. The van der Waals surface area contributed by atoms with E-state index in [4.69, 9.17) is 10.4 Å². The van der Waals surface area contributed by atoms with Crippen molar-refractivity contribution in [3.05, 3.63) is 41.2 Å². The minimum Gasteiger partial charge on any atom is -0.498 e. The van der Waals surface area contributed by atoms with Gasteiger partial charge < -0.3 is 5.11 Å². The van der Waals surface area contributed by atoms with Crippen molar-refractivity contribution < 1.29 is 5.11 Å². The van der Waals surface area contributed by atoms with Gasteiger partial charge in [0.2, 0.25) is 5.76 Å². The van der Waals surface area contributed by atoms with Crippen molar-refractivity contribution in [2.75, 3.05) is 0 Å². The summed E-state index contributed by atoms with van der Waals surface area (Å²) in [7, 11) is 0. The molecule has 66 valence electrons. The van der Waals surface area contributed by atoms with Gasteiger partial charge >= 0.3 is 0 Å². The Morgan fingerprint density at radius 1 is 1.38 bits per heavy atom. The van der Waals surface area contributed by atoms with Crippen LogP contribution in [0.5, 0.6) is 0 Å². The Labute approximate surface area is 85.3 Å². The molecule has 0 saturated carbocycles. The van der Waals surface area contributed by atoms with Crippen LogP contribution in [0.3, 0.4) is 0 Å². The van der Waals surface area contributed by atoms with E-state index in [1.807, 2.05) is 31.2 Å². The van der Waals surface area contributed by atoms with Crippen molar-refractivity contribution in [1.82, 2.24) is 0 Å². The minimum absolute atomic E-state index is 0.302. The lowest BCUT2D eigenvalue weighted by atomic mass is 10.1. The molecule has 0 heterocycles. The monoisotopic (exact) mass is 237 g/mol. The van der Waals surface area contributed by atoms with Gasteiger partial charge in [-0.05, 0) is 28.4 Å². The molecule has 1 aromatic carbocycles. The normalized spacial score (nSPS) is 11.8. The second-order valence-electron chi connectivity index (χ2n) is 2.64. The second kappa shape index (κ2) is 4.11. The molecule has 13 heavy (non-hydrogen) atoms. The Morgan fingerprint density at radius 2 is 1.92 bits per heavy atom. The van der Waals surface area contributed by atoms with Crippen LogP contribution in [0.4, 0.5) is 0 Å². The summed E-state index contributed by atoms with van der Waals surface area (Å²) in [5.41, 5.74) is 1.94. The first-order valence-electron chi connectivity index (χ1n) is 3.71. The Hall–Kier alpha value is -1.27. The third-order valence-electron chi connectivity index (χ3n) is 1.62. The van der Waals surface area contributed by atoms with Crippen LogP contribution in [-0.4, -0.2) is 5.11 Å². The van der Waals surface area contributed by atoms with Crippen molar-refractivity contribution in [3.63, 3.8) is 0 Å². The van der Waals surface area contributed by atoms with E-state index in [9.17, 15) is 0 Å². The summed E-state index contributed by atoms with van der Waals surface area (Å²) in [5, 5.41) is 17.6. The lowest BCUT2D eigenvalue weighted by Crippen LogP contribution is -1.82. The van der Waals surface area contributed by atoms with Crippen molar-refractivity contribution in [2.24, 2.45) is 0 Å². The molecule has 0 aliphatic heterocycles. The SMILES string of the molecule is Cc1ccc(/C(Br)=C(/O)C#N)cc1. The molecule has 0 fully saturated rings. The summed E-state index contributed by atoms with van der Waals surface area (Å²) in [5.74, 6) is -0.302. The average molecular weight is 238 g/mol. The molecule has 0 unspecified atom stereocenters. The van der Waals surface area contributed by atoms with Crippen LogP contribution in [0.25, 0.3) is 4.48 Å². The van der Waals surface area contributed by atoms with Gasteiger partial charge in [0.1, 0.15) is 6.07 Å². The van der Waals surface area contributed by atoms with Gasteiger partial charge in [0, 0.05) is 0 Å². The summed E-state index contributed by atoms with van der Waals surface area (Å²) < 4.78 is 0.426. The number of rotatable bonds is 1. The molecule has 0 radical (unpaired) electrons. The molecular formula is C10H8BrNO. The number of allylic oxidation sites excluding steroid dienone is 1. The van der Waals surface area contributed by atoms with E-state index in [1.165, 1.54) is 0 Å². The molecule has 0 amide bonds. The maximum atomic E-state index is 9.12. The highest BCUT2D eigenvalue weighted by atomic mass is 79.9. The maximum absolute atomic E-state index is 9.12. The van der Waals surface area contributed by atoms with Crippen LogP contribution in [0.1, 0.15) is 11.1 Å². The number of aliphatic hydroxyl groups excluding tert-OH is 1. The topological polar surface area (TPSA) is 44.0 Å². The van der Waals surface area contributed by atoms with Crippen molar-refractivity contribution in [2.45, 2.75) is 6.92 Å². The fraction of sp³-hybridized carbons (Fsp3) is 0.100. The van der Waals surface area contributed by atoms with E-state index in [1.54, 1.807) is 6.07 Å². The van der Waals surface area contributed by atoms with Crippen molar-refractivity contribution in [1.29, 1.82) is 5.26 Å². The van der Waals surface area contributed by atoms with E-state index >= 15 is 0 Å². The number of aliphatic hydroxyl groups is 1. The van der Waals surface area contributed by atoms with Gasteiger partial charge in [-0.3, -0.25) is 0 Å². The number of hydrogen-bond acceptors (Lipinski definition) is 2. The Morgan fingerprint density at radius 3 is 2.38 bits per heavy atom. The lowest BCUT2D eigenvalue weighted by Gasteiger charge is -1.99. The molecule has 0 aliphatic rings. The van der Waals surface area contributed by atoms with E-state index in [-0.39, 0.29) is 5.76 Å². The molecule has 0 bridgehead atoms. The Balaban J connectivity index is 3.12. The highest BCUT2D eigenvalue weighted by molar-refractivity contribution is 9.15. The minimum atomic E-state index is -0.302. The van der Waals surface area contributed by atoms with E-state index < -0.39 is 0 Å². The zero-order valence-electron chi connectivity index (χ0n) is 7.08. The predicted molar refractivity (Wildman–Crippen MR) is 55.3 cm³/mol. The van der Waals surface area contributed by atoms with Crippen LogP contribution < -0.4 is 0 Å². The van der Waals surface area contributed by atoms with Crippen LogP contribution in [-0.2, 0) is 0 Å². The number of nitrogens with zero attached hydrogens (tertiary/aromatic N) is 1. The number of nitriles is 1. The first-order chi connectivity index (χ1) is 6.15. The smallest absolute Gasteiger partial charge is 0.209 e. The van der Waals surface area contributed by atoms with Crippen LogP contribution >= 0.6 is 15.9 Å². The molecule has 0 spiro atoms. The third kappa shape index (κ3) is 2.33.